The molecule has 2 aromatic heterocycles. The van der Waals surface area contributed by atoms with Gasteiger partial charge in [0.25, 0.3) is 5.91 Å². The lowest BCUT2D eigenvalue weighted by atomic mass is 10.0. The van der Waals surface area contributed by atoms with Crippen molar-refractivity contribution in [3.63, 3.8) is 0 Å². The van der Waals surface area contributed by atoms with E-state index in [4.69, 9.17) is 0 Å². The maximum Gasteiger partial charge on any atom is 0.272 e. The van der Waals surface area contributed by atoms with E-state index in [1.54, 1.807) is 35.4 Å². The molecule has 2 N–H and O–H groups in total. The molecule has 6 nitrogen and oxygen atoms in total. The Morgan fingerprint density at radius 3 is 2.87 bits per heavy atom. The zero-order valence-corrected chi connectivity index (χ0v) is 12.2. The number of H-pyrrole nitrogens is 2. The van der Waals surface area contributed by atoms with Crippen molar-refractivity contribution in [2.45, 2.75) is 13.0 Å². The van der Waals surface area contributed by atoms with Gasteiger partial charge in [0.05, 0.1) is 6.54 Å². The summed E-state index contributed by atoms with van der Waals surface area (Å²) in [6.07, 6.45) is 2.21. The molecule has 0 unspecified atom stereocenters. The Balaban J connectivity index is 1.68. The molecule has 7 heteroatoms. The molecular formula is C16H14FN5O. The Hall–Kier alpha value is -2.96. The molecule has 23 heavy (non-hydrogen) atoms. The van der Waals surface area contributed by atoms with Crippen LogP contribution in [0.1, 0.15) is 21.7 Å². The van der Waals surface area contributed by atoms with Gasteiger partial charge in [0.2, 0.25) is 0 Å². The number of benzene rings is 1. The summed E-state index contributed by atoms with van der Waals surface area (Å²) in [4.78, 5) is 14.2. The van der Waals surface area contributed by atoms with Crippen LogP contribution in [0.25, 0.3) is 11.3 Å². The molecule has 3 heterocycles. The van der Waals surface area contributed by atoms with E-state index in [0.717, 1.165) is 11.3 Å². The minimum absolute atomic E-state index is 0.117. The Kier molecular flexibility index (Phi) is 3.18. The number of carbonyl (C=O) groups excluding carboxylic acids is 1. The van der Waals surface area contributed by atoms with Gasteiger partial charge in [-0.25, -0.2) is 4.39 Å². The SMILES string of the molecule is O=C(c1ccn[nH]1)N1CCc2[nH]nc(-c3ccccc3F)c2C1. The van der Waals surface area contributed by atoms with E-state index < -0.39 is 0 Å². The summed E-state index contributed by atoms with van der Waals surface area (Å²) in [5.74, 6) is -0.437. The van der Waals surface area contributed by atoms with Crippen molar-refractivity contribution in [1.82, 2.24) is 25.3 Å². The van der Waals surface area contributed by atoms with Crippen LogP contribution in [0.5, 0.6) is 0 Å². The zero-order valence-electron chi connectivity index (χ0n) is 12.2. The average molecular weight is 311 g/mol. The fourth-order valence-electron chi connectivity index (χ4n) is 2.89. The van der Waals surface area contributed by atoms with Crippen LogP contribution >= 0.6 is 0 Å². The van der Waals surface area contributed by atoms with E-state index in [2.05, 4.69) is 20.4 Å². The summed E-state index contributed by atoms with van der Waals surface area (Å²) in [7, 11) is 0. The van der Waals surface area contributed by atoms with E-state index >= 15 is 0 Å². The first kappa shape index (κ1) is 13.7. The van der Waals surface area contributed by atoms with Crippen LogP contribution < -0.4 is 0 Å². The van der Waals surface area contributed by atoms with Gasteiger partial charge < -0.3 is 4.90 Å². The van der Waals surface area contributed by atoms with Gasteiger partial charge in [0.15, 0.2) is 0 Å². The zero-order chi connectivity index (χ0) is 15.8. The normalized spacial score (nSPS) is 13.9. The first-order chi connectivity index (χ1) is 11.2. The van der Waals surface area contributed by atoms with Crippen LogP contribution in [0.2, 0.25) is 0 Å². The third-order valence-electron chi connectivity index (χ3n) is 4.08. The second-order valence-corrected chi connectivity index (χ2v) is 5.46. The molecule has 0 bridgehead atoms. The summed E-state index contributed by atoms with van der Waals surface area (Å²) in [5, 5.41) is 13.7. The summed E-state index contributed by atoms with van der Waals surface area (Å²) >= 11 is 0. The van der Waals surface area contributed by atoms with Gasteiger partial charge >= 0.3 is 0 Å². The molecule has 116 valence electrons. The van der Waals surface area contributed by atoms with Crippen molar-refractivity contribution in [2.75, 3.05) is 6.54 Å². The van der Waals surface area contributed by atoms with Crippen LogP contribution in [0.3, 0.4) is 0 Å². The maximum absolute atomic E-state index is 14.1. The number of aromatic amines is 2. The van der Waals surface area contributed by atoms with E-state index in [0.29, 0.717) is 36.5 Å². The molecule has 1 aromatic carbocycles. The van der Waals surface area contributed by atoms with Gasteiger partial charge in [-0.15, -0.1) is 0 Å². The predicted octanol–water partition coefficient (Wildman–Crippen LogP) is 2.14. The first-order valence-electron chi connectivity index (χ1n) is 7.33. The fourth-order valence-corrected chi connectivity index (χ4v) is 2.89. The van der Waals surface area contributed by atoms with E-state index in [9.17, 15) is 9.18 Å². The Morgan fingerprint density at radius 1 is 1.22 bits per heavy atom. The average Bonchev–Trinajstić information content (AvgIpc) is 3.24. The molecule has 0 saturated heterocycles. The number of fused-ring (bicyclic) bond motifs is 1. The van der Waals surface area contributed by atoms with E-state index in [1.807, 2.05) is 0 Å². The van der Waals surface area contributed by atoms with Crippen LogP contribution in [-0.2, 0) is 13.0 Å². The van der Waals surface area contributed by atoms with Crippen LogP contribution in [0.4, 0.5) is 4.39 Å². The fraction of sp³-hybridized carbons (Fsp3) is 0.188. The van der Waals surface area contributed by atoms with Crippen molar-refractivity contribution >= 4 is 5.91 Å². The summed E-state index contributed by atoms with van der Waals surface area (Å²) < 4.78 is 14.1. The van der Waals surface area contributed by atoms with Gasteiger partial charge in [-0.05, 0) is 18.2 Å². The molecule has 1 aliphatic rings. The van der Waals surface area contributed by atoms with Crippen molar-refractivity contribution in [2.24, 2.45) is 0 Å². The lowest BCUT2D eigenvalue weighted by Gasteiger charge is -2.26. The third-order valence-corrected chi connectivity index (χ3v) is 4.08. The Morgan fingerprint density at radius 2 is 2.09 bits per heavy atom. The number of carbonyl (C=O) groups is 1. The number of rotatable bonds is 2. The number of nitrogens with one attached hydrogen (secondary N) is 2. The van der Waals surface area contributed by atoms with Crippen molar-refractivity contribution < 1.29 is 9.18 Å². The van der Waals surface area contributed by atoms with E-state index in [-0.39, 0.29) is 11.7 Å². The van der Waals surface area contributed by atoms with Gasteiger partial charge in [-0.2, -0.15) is 10.2 Å². The minimum Gasteiger partial charge on any atom is -0.332 e. The third kappa shape index (κ3) is 2.30. The number of hydrogen-bond acceptors (Lipinski definition) is 3. The summed E-state index contributed by atoms with van der Waals surface area (Å²) in [6.45, 7) is 0.983. The highest BCUT2D eigenvalue weighted by Gasteiger charge is 2.27. The Labute approximate surface area is 131 Å². The van der Waals surface area contributed by atoms with Crippen LogP contribution in [0, 0.1) is 5.82 Å². The molecule has 0 atom stereocenters. The molecule has 1 amide bonds. The van der Waals surface area contributed by atoms with Crippen molar-refractivity contribution in [3.8, 4) is 11.3 Å². The molecule has 3 aromatic rings. The minimum atomic E-state index is -0.321. The quantitative estimate of drug-likeness (QED) is 0.761. The molecule has 0 aliphatic carbocycles. The number of amides is 1. The van der Waals surface area contributed by atoms with Crippen LogP contribution in [0.15, 0.2) is 36.5 Å². The second kappa shape index (κ2) is 5.35. The van der Waals surface area contributed by atoms with Gasteiger partial charge in [0.1, 0.15) is 17.2 Å². The first-order valence-corrected chi connectivity index (χ1v) is 7.33. The van der Waals surface area contributed by atoms with Gasteiger partial charge in [0, 0.05) is 36.0 Å². The molecule has 0 fully saturated rings. The van der Waals surface area contributed by atoms with Gasteiger partial charge in [-0.3, -0.25) is 15.0 Å². The highest BCUT2D eigenvalue weighted by Crippen LogP contribution is 2.30. The second-order valence-electron chi connectivity index (χ2n) is 5.46. The summed E-state index contributed by atoms with van der Waals surface area (Å²) in [5.41, 5.74) is 3.29. The smallest absolute Gasteiger partial charge is 0.272 e. The molecule has 0 radical (unpaired) electrons. The molecule has 0 spiro atoms. The largest absolute Gasteiger partial charge is 0.332 e. The number of aromatic nitrogens is 4. The summed E-state index contributed by atoms with van der Waals surface area (Å²) in [6, 6.07) is 8.17. The number of nitrogens with zero attached hydrogens (tertiary/aromatic N) is 3. The Bertz CT molecular complexity index is 855. The lowest BCUT2D eigenvalue weighted by Crippen LogP contribution is -2.36. The molecule has 4 rings (SSSR count). The maximum atomic E-state index is 14.1. The molecule has 1 aliphatic heterocycles. The topological polar surface area (TPSA) is 77.7 Å². The lowest BCUT2D eigenvalue weighted by molar-refractivity contribution is 0.0728. The van der Waals surface area contributed by atoms with E-state index in [1.165, 1.54) is 6.07 Å². The van der Waals surface area contributed by atoms with Crippen molar-refractivity contribution in [1.29, 1.82) is 0 Å². The number of halogens is 1. The highest BCUT2D eigenvalue weighted by molar-refractivity contribution is 5.92. The molecule has 0 saturated carbocycles. The monoisotopic (exact) mass is 311 g/mol. The van der Waals surface area contributed by atoms with Crippen LogP contribution in [-0.4, -0.2) is 37.7 Å². The number of hydrogen-bond donors (Lipinski definition) is 2. The van der Waals surface area contributed by atoms with Gasteiger partial charge in [-0.1, -0.05) is 12.1 Å². The van der Waals surface area contributed by atoms with Crippen molar-refractivity contribution in [3.05, 3.63) is 59.3 Å². The standard InChI is InChI=1S/C16H14FN5O/c17-12-4-2-1-3-10(12)15-11-9-22(8-6-13(11)20-21-15)16(23)14-5-7-18-19-14/h1-5,7H,6,8-9H2,(H,18,19)(H,20,21). The highest BCUT2D eigenvalue weighted by atomic mass is 19.1. The predicted molar refractivity (Wildman–Crippen MR) is 81.0 cm³/mol. The molecular weight excluding hydrogens is 297 g/mol.